The maximum atomic E-state index is 13.5. The second-order valence-corrected chi connectivity index (χ2v) is 10.1. The molecule has 35 heavy (non-hydrogen) atoms. The van der Waals surface area contributed by atoms with Gasteiger partial charge in [0.25, 0.3) is 5.91 Å². The second kappa shape index (κ2) is 10.3. The van der Waals surface area contributed by atoms with Crippen LogP contribution in [-0.4, -0.2) is 61.8 Å². The van der Waals surface area contributed by atoms with Gasteiger partial charge in [0.2, 0.25) is 0 Å². The molecule has 2 N–H and O–H groups in total. The van der Waals surface area contributed by atoms with E-state index >= 15 is 0 Å². The molecule has 2 aromatic rings. The molecule has 2 aromatic carbocycles. The number of phenols is 1. The first-order valence-corrected chi connectivity index (χ1v) is 12.2. The number of aromatic hydroxyl groups is 1. The molecule has 0 bridgehead atoms. The highest BCUT2D eigenvalue weighted by Crippen LogP contribution is 2.39. The minimum Gasteiger partial charge on any atom is -0.505 e. The zero-order chi connectivity index (χ0) is 26.1. The summed E-state index contributed by atoms with van der Waals surface area (Å²) in [6.07, 6.45) is 0. The van der Waals surface area contributed by atoms with Crippen molar-refractivity contribution in [3.05, 3.63) is 52.1 Å². The van der Waals surface area contributed by atoms with Gasteiger partial charge in [-0.1, -0.05) is 20.8 Å². The largest absolute Gasteiger partial charge is 0.505 e. The molecule has 0 aromatic heterocycles. The van der Waals surface area contributed by atoms with Crippen molar-refractivity contribution in [2.75, 3.05) is 39.2 Å². The lowest BCUT2D eigenvalue weighted by Crippen LogP contribution is -2.31. The number of fused-ring (bicyclic) bond motifs is 1. The van der Waals surface area contributed by atoms with Crippen LogP contribution in [0.3, 0.4) is 0 Å². The Balaban J connectivity index is 1.98. The van der Waals surface area contributed by atoms with Crippen LogP contribution in [0.15, 0.2) is 28.3 Å². The van der Waals surface area contributed by atoms with E-state index in [2.05, 4.69) is 25.5 Å². The molecule has 3 rings (SSSR count). The van der Waals surface area contributed by atoms with Gasteiger partial charge in [0, 0.05) is 44.4 Å². The van der Waals surface area contributed by atoms with Crippen molar-refractivity contribution in [3.8, 4) is 11.5 Å². The number of hydrogen-bond acceptors (Lipinski definition) is 6. The minimum atomic E-state index is -0.344. The zero-order valence-electron chi connectivity index (χ0n) is 21.3. The van der Waals surface area contributed by atoms with E-state index in [1.165, 1.54) is 0 Å². The third kappa shape index (κ3) is 5.29. The van der Waals surface area contributed by atoms with Crippen LogP contribution in [0.5, 0.6) is 11.5 Å². The second-order valence-electron chi connectivity index (χ2n) is 9.74. The molecule has 1 aliphatic heterocycles. The van der Waals surface area contributed by atoms with Crippen LogP contribution in [0.2, 0.25) is 0 Å². The number of carbonyl (C=O) groups is 2. The number of benzene rings is 2. The predicted octanol–water partition coefficient (Wildman–Crippen LogP) is 4.27. The molecule has 0 fully saturated rings. The molecule has 0 saturated carbocycles. The first-order chi connectivity index (χ1) is 16.4. The monoisotopic (exact) mass is 544 g/mol. The average Bonchev–Trinajstić information content (AvgIpc) is 3.12. The van der Waals surface area contributed by atoms with Crippen molar-refractivity contribution in [1.82, 2.24) is 10.2 Å². The lowest BCUT2D eigenvalue weighted by molar-refractivity contribution is 0.0953. The van der Waals surface area contributed by atoms with Crippen LogP contribution in [0, 0.1) is 0 Å². The van der Waals surface area contributed by atoms with Gasteiger partial charge < -0.3 is 25.0 Å². The molecule has 0 spiro atoms. The van der Waals surface area contributed by atoms with E-state index < -0.39 is 0 Å². The molecule has 0 saturated heterocycles. The quantitative estimate of drug-likeness (QED) is 0.505. The van der Waals surface area contributed by atoms with E-state index in [0.717, 1.165) is 11.1 Å². The van der Waals surface area contributed by atoms with Crippen molar-refractivity contribution >= 4 is 39.4 Å². The van der Waals surface area contributed by atoms with Gasteiger partial charge in [-0.05, 0) is 42.2 Å². The first kappa shape index (κ1) is 26.5. The third-order valence-corrected chi connectivity index (χ3v) is 6.33. The number of anilines is 1. The summed E-state index contributed by atoms with van der Waals surface area (Å²) in [6.45, 7) is 8.83. The number of ether oxygens (including phenoxy) is 1. The summed E-state index contributed by atoms with van der Waals surface area (Å²) >= 11 is 3.20. The van der Waals surface area contributed by atoms with Gasteiger partial charge >= 0.3 is 0 Å². The summed E-state index contributed by atoms with van der Waals surface area (Å²) in [5, 5.41) is 13.5. The van der Waals surface area contributed by atoms with Crippen molar-refractivity contribution in [1.29, 1.82) is 0 Å². The van der Waals surface area contributed by atoms with Crippen LogP contribution in [0.25, 0.3) is 0 Å². The van der Waals surface area contributed by atoms with Gasteiger partial charge in [-0.3, -0.25) is 9.59 Å². The Kier molecular flexibility index (Phi) is 7.79. The number of ketones is 1. The molecule has 0 atom stereocenters. The van der Waals surface area contributed by atoms with Crippen molar-refractivity contribution in [2.24, 2.45) is 4.02 Å². The third-order valence-electron chi connectivity index (χ3n) is 5.99. The molecular formula is C26H33BrN4O4. The topological polar surface area (TPSA) is 94.5 Å². The van der Waals surface area contributed by atoms with Crippen LogP contribution >= 0.6 is 16.1 Å². The fraction of sp³-hybridized carbons (Fsp3) is 0.423. The van der Waals surface area contributed by atoms with Crippen LogP contribution in [-0.2, 0) is 12.0 Å². The smallest absolute Gasteiger partial charge is 0.254 e. The van der Waals surface area contributed by atoms with Gasteiger partial charge in [-0.15, -0.1) is 0 Å². The van der Waals surface area contributed by atoms with Crippen molar-refractivity contribution in [2.45, 2.75) is 39.7 Å². The molecular weight excluding hydrogens is 512 g/mol. The van der Waals surface area contributed by atoms with Gasteiger partial charge in [-0.2, -0.15) is 4.02 Å². The van der Waals surface area contributed by atoms with Crippen molar-refractivity contribution < 1.29 is 19.4 Å². The standard InChI is InChI=1S/C26H33BrN4O4/c1-8-35-22-11-16-13-31(24(29-27)17(16)12-18(22)25(34)28-5)14-21(32)15-9-19(26(2,3)4)23(33)20(10-15)30(6)7/h9-12,33H,8,13-14H2,1-7H3,(H,28,34). The van der Waals surface area contributed by atoms with E-state index in [4.69, 9.17) is 4.74 Å². The maximum Gasteiger partial charge on any atom is 0.254 e. The number of hydrogen-bond donors (Lipinski definition) is 2. The Morgan fingerprint density at radius 2 is 1.91 bits per heavy atom. The molecule has 1 amide bonds. The van der Waals surface area contributed by atoms with E-state index in [1.807, 2.05) is 52.8 Å². The van der Waals surface area contributed by atoms with Gasteiger partial charge in [0.15, 0.2) is 5.78 Å². The Morgan fingerprint density at radius 3 is 2.46 bits per heavy atom. The fourth-order valence-electron chi connectivity index (χ4n) is 4.19. The fourth-order valence-corrected chi connectivity index (χ4v) is 4.60. The highest BCUT2D eigenvalue weighted by atomic mass is 79.9. The molecule has 1 heterocycles. The van der Waals surface area contributed by atoms with Gasteiger partial charge in [0.05, 0.1) is 40.5 Å². The van der Waals surface area contributed by atoms with E-state index in [1.54, 1.807) is 30.1 Å². The number of phenolic OH excluding ortho intramolecular Hbond substituents is 1. The highest BCUT2D eigenvalue weighted by Gasteiger charge is 2.31. The minimum absolute atomic E-state index is 0.0830. The predicted molar refractivity (Wildman–Crippen MR) is 142 cm³/mol. The Bertz CT molecular complexity index is 1180. The summed E-state index contributed by atoms with van der Waals surface area (Å²) in [6, 6.07) is 7.09. The van der Waals surface area contributed by atoms with Crippen molar-refractivity contribution in [3.63, 3.8) is 0 Å². The lowest BCUT2D eigenvalue weighted by atomic mass is 9.84. The SMILES string of the molecule is CCOc1cc2c(cc1C(=O)NC)C(=NBr)N(CC(=O)c1cc(N(C)C)c(O)c(C(C)(C)C)c1)C2. The number of amidine groups is 1. The van der Waals surface area contributed by atoms with Gasteiger partial charge in [0.1, 0.15) is 17.3 Å². The number of amides is 1. The summed E-state index contributed by atoms with van der Waals surface area (Å²) in [5.74, 6) is 0.896. The number of halogens is 1. The molecule has 0 radical (unpaired) electrons. The number of nitrogens with one attached hydrogen (secondary N) is 1. The molecule has 1 aliphatic rings. The summed E-state index contributed by atoms with van der Waals surface area (Å²) in [7, 11) is 5.24. The summed E-state index contributed by atoms with van der Waals surface area (Å²) < 4.78 is 9.96. The van der Waals surface area contributed by atoms with Gasteiger partial charge in [-0.25, -0.2) is 0 Å². The van der Waals surface area contributed by atoms with E-state index in [-0.39, 0.29) is 29.4 Å². The molecule has 9 heteroatoms. The Morgan fingerprint density at radius 1 is 1.23 bits per heavy atom. The maximum absolute atomic E-state index is 13.5. The highest BCUT2D eigenvalue weighted by molar-refractivity contribution is 9.08. The lowest BCUT2D eigenvalue weighted by Gasteiger charge is -2.26. The number of carbonyl (C=O) groups excluding carboxylic acids is 2. The number of Topliss-reactive ketones (excluding diaryl/α,β-unsaturated/α-hetero) is 1. The van der Waals surface area contributed by atoms with Crippen LogP contribution in [0.1, 0.15) is 65.1 Å². The first-order valence-electron chi connectivity index (χ1n) is 11.5. The van der Waals surface area contributed by atoms with Crippen LogP contribution in [0.4, 0.5) is 5.69 Å². The molecule has 0 unspecified atom stereocenters. The Labute approximate surface area is 215 Å². The molecule has 0 aliphatic carbocycles. The summed E-state index contributed by atoms with van der Waals surface area (Å²) in [5.41, 5.74) is 3.58. The molecule has 8 nitrogen and oxygen atoms in total. The summed E-state index contributed by atoms with van der Waals surface area (Å²) in [4.78, 5) is 29.6. The van der Waals surface area contributed by atoms with E-state index in [0.29, 0.717) is 47.1 Å². The Hall–Kier alpha value is -3.07. The number of rotatable bonds is 7. The van der Waals surface area contributed by atoms with E-state index in [9.17, 15) is 14.7 Å². The normalized spacial score (nSPS) is 14.2. The average molecular weight is 545 g/mol. The zero-order valence-corrected chi connectivity index (χ0v) is 22.9. The number of nitrogens with zero attached hydrogens (tertiary/aromatic N) is 3. The molecule has 188 valence electrons. The van der Waals surface area contributed by atoms with Crippen LogP contribution < -0.4 is 15.0 Å².